The first kappa shape index (κ1) is 22.6. The van der Waals surface area contributed by atoms with E-state index in [2.05, 4.69) is 11.1 Å². The van der Waals surface area contributed by atoms with Crippen LogP contribution in [0.25, 0.3) is 11.1 Å². The maximum absolute atomic E-state index is 12.1. The van der Waals surface area contributed by atoms with Crippen LogP contribution in [0, 0.1) is 12.8 Å². The van der Waals surface area contributed by atoms with Crippen LogP contribution >= 0.6 is 0 Å². The van der Waals surface area contributed by atoms with Crippen molar-refractivity contribution in [3.05, 3.63) is 41.6 Å². The van der Waals surface area contributed by atoms with Gasteiger partial charge in [0.25, 0.3) is 0 Å². The maximum Gasteiger partial charge on any atom is 0.410 e. The van der Waals surface area contributed by atoms with Crippen molar-refractivity contribution in [3.8, 4) is 16.9 Å². The summed E-state index contributed by atoms with van der Waals surface area (Å²) in [5.41, 5.74) is 3.95. The number of likely N-dealkylation sites (tertiary alicyclic amines) is 1. The predicted octanol–water partition coefficient (Wildman–Crippen LogP) is 4.02. The van der Waals surface area contributed by atoms with Crippen LogP contribution in [-0.2, 0) is 21.0 Å². The van der Waals surface area contributed by atoms with Gasteiger partial charge in [0.15, 0.2) is 14.9 Å². The molecule has 3 heterocycles. The van der Waals surface area contributed by atoms with Crippen molar-refractivity contribution in [2.75, 3.05) is 19.3 Å². The number of aryl methyl sites for hydroxylation is 1. The molecule has 0 saturated carbocycles. The van der Waals surface area contributed by atoms with E-state index in [1.165, 1.54) is 6.26 Å². The summed E-state index contributed by atoms with van der Waals surface area (Å²) in [7, 11) is -3.33. The van der Waals surface area contributed by atoms with Crippen molar-refractivity contribution in [1.82, 2.24) is 9.88 Å². The van der Waals surface area contributed by atoms with E-state index >= 15 is 0 Å². The summed E-state index contributed by atoms with van der Waals surface area (Å²) >= 11 is 0. The molecule has 0 aliphatic carbocycles. The molecule has 1 aromatic carbocycles. The third-order valence-corrected chi connectivity index (χ3v) is 7.18. The van der Waals surface area contributed by atoms with Crippen LogP contribution in [-0.4, -0.2) is 55.9 Å². The highest BCUT2D eigenvalue weighted by Crippen LogP contribution is 2.38. The van der Waals surface area contributed by atoms with Crippen LogP contribution in [0.5, 0.6) is 5.75 Å². The van der Waals surface area contributed by atoms with Gasteiger partial charge in [0.05, 0.1) is 6.10 Å². The van der Waals surface area contributed by atoms with E-state index in [0.29, 0.717) is 19.0 Å². The van der Waals surface area contributed by atoms with Crippen LogP contribution < -0.4 is 4.74 Å². The zero-order valence-electron chi connectivity index (χ0n) is 19.0. The first-order valence-electron chi connectivity index (χ1n) is 11.0. The normalized spacial score (nSPS) is 19.0. The molecule has 32 heavy (non-hydrogen) atoms. The molecule has 0 N–H and O–H groups in total. The third kappa shape index (κ3) is 4.75. The number of piperidine rings is 1. The Morgan fingerprint density at radius 2 is 1.94 bits per heavy atom. The Kier molecular flexibility index (Phi) is 6.16. The monoisotopic (exact) mass is 458 g/mol. The van der Waals surface area contributed by atoms with Crippen LogP contribution in [0.4, 0.5) is 4.79 Å². The molecule has 1 unspecified atom stereocenters. The van der Waals surface area contributed by atoms with Gasteiger partial charge < -0.3 is 14.4 Å². The molecule has 4 rings (SSSR count). The number of sulfone groups is 1. The fourth-order valence-corrected chi connectivity index (χ4v) is 5.11. The molecule has 2 aliphatic heterocycles. The Bertz CT molecular complexity index is 1120. The largest absolute Gasteiger partial charge is 0.490 e. The number of rotatable bonds is 4. The molecule has 1 atom stereocenters. The number of benzene rings is 1. The number of aromatic nitrogens is 1. The first-order valence-corrected chi connectivity index (χ1v) is 12.9. The summed E-state index contributed by atoms with van der Waals surface area (Å²) in [6, 6.07) is 7.73. The molecule has 1 amide bonds. The lowest BCUT2D eigenvalue weighted by Gasteiger charge is -2.34. The quantitative estimate of drug-likeness (QED) is 0.688. The zero-order chi connectivity index (χ0) is 23.0. The fourth-order valence-electron chi connectivity index (χ4n) is 4.47. The highest BCUT2D eigenvalue weighted by Gasteiger charge is 2.34. The molecule has 0 spiro atoms. The molecule has 1 saturated heterocycles. The number of carbonyl (C=O) groups is 1. The number of fused-ring (bicyclic) bond motifs is 1. The van der Waals surface area contributed by atoms with Crippen LogP contribution in [0.3, 0.4) is 0 Å². The minimum Gasteiger partial charge on any atom is -0.490 e. The third-order valence-electron chi connectivity index (χ3n) is 6.20. The summed E-state index contributed by atoms with van der Waals surface area (Å²) < 4.78 is 35.1. The average Bonchev–Trinajstić information content (AvgIpc) is 3.16. The number of carbonyl (C=O) groups excluding carboxylic acids is 1. The van der Waals surface area contributed by atoms with Gasteiger partial charge in [0, 0.05) is 37.5 Å². The van der Waals surface area contributed by atoms with Gasteiger partial charge in [-0.05, 0) is 74.4 Å². The van der Waals surface area contributed by atoms with Gasteiger partial charge in [0.1, 0.15) is 11.9 Å². The molecular weight excluding hydrogens is 428 g/mol. The van der Waals surface area contributed by atoms with E-state index in [1.54, 1.807) is 17.2 Å². The smallest absolute Gasteiger partial charge is 0.410 e. The van der Waals surface area contributed by atoms with E-state index in [1.807, 2.05) is 32.9 Å². The Labute approximate surface area is 189 Å². The fraction of sp³-hybridized carbons (Fsp3) is 0.500. The number of hydrogen-bond acceptors (Lipinski definition) is 6. The van der Waals surface area contributed by atoms with Gasteiger partial charge in [0.2, 0.25) is 0 Å². The number of hydrogen-bond donors (Lipinski definition) is 0. The molecule has 8 heteroatoms. The number of amides is 1. The molecule has 1 fully saturated rings. The van der Waals surface area contributed by atoms with Crippen LogP contribution in [0.15, 0.2) is 35.5 Å². The van der Waals surface area contributed by atoms with Gasteiger partial charge in [-0.15, -0.1) is 0 Å². The highest BCUT2D eigenvalue weighted by molar-refractivity contribution is 7.90. The second-order valence-electron chi connectivity index (χ2n) is 9.05. The molecule has 0 radical (unpaired) electrons. The molecule has 172 valence electrons. The van der Waals surface area contributed by atoms with Crippen molar-refractivity contribution >= 4 is 15.9 Å². The zero-order valence-corrected chi connectivity index (χ0v) is 19.8. The minimum absolute atomic E-state index is 0.0897. The summed E-state index contributed by atoms with van der Waals surface area (Å²) in [6.07, 6.45) is 5.19. The minimum atomic E-state index is -3.33. The van der Waals surface area contributed by atoms with E-state index in [9.17, 15) is 13.2 Å². The van der Waals surface area contributed by atoms with Crippen molar-refractivity contribution in [2.45, 2.75) is 57.3 Å². The number of pyridine rings is 1. The molecule has 1 aromatic heterocycles. The highest BCUT2D eigenvalue weighted by atomic mass is 32.2. The summed E-state index contributed by atoms with van der Waals surface area (Å²) in [5.74, 6) is 1.30. The lowest BCUT2D eigenvalue weighted by molar-refractivity contribution is 0.0503. The van der Waals surface area contributed by atoms with Gasteiger partial charge in [-0.1, -0.05) is 6.07 Å². The number of ether oxygens (including phenoxy) is 2. The Balaban J connectivity index is 1.43. The molecule has 7 nitrogen and oxygen atoms in total. The second kappa shape index (κ2) is 8.73. The standard InChI is InChI=1S/C24H30N2O5S/c1-15(2)30-24(27)26-9-7-17(8-10-26)22-13-19-12-18(5-6-21(19)31-22)20-14-25-23(11-16(20)3)32(4,28)29/h5-6,11-12,14-15,17,22H,7-10,13H2,1-4H3. The summed E-state index contributed by atoms with van der Waals surface area (Å²) in [5, 5.41) is 0.0897. The van der Waals surface area contributed by atoms with Gasteiger partial charge in [-0.2, -0.15) is 0 Å². The molecule has 2 aliphatic rings. The summed E-state index contributed by atoms with van der Waals surface area (Å²) in [6.45, 7) is 7.00. The average molecular weight is 459 g/mol. The first-order chi connectivity index (χ1) is 15.1. The second-order valence-corrected chi connectivity index (χ2v) is 11.0. The summed E-state index contributed by atoms with van der Waals surface area (Å²) in [4.78, 5) is 18.1. The lowest BCUT2D eigenvalue weighted by atomic mass is 9.88. The Morgan fingerprint density at radius 1 is 1.22 bits per heavy atom. The topological polar surface area (TPSA) is 85.8 Å². The lowest BCUT2D eigenvalue weighted by Crippen LogP contribution is -2.43. The predicted molar refractivity (Wildman–Crippen MR) is 122 cm³/mol. The van der Waals surface area contributed by atoms with Crippen molar-refractivity contribution < 1.29 is 22.7 Å². The maximum atomic E-state index is 12.1. The number of nitrogens with zero attached hydrogens (tertiary/aromatic N) is 2. The molecule has 2 aromatic rings. The van der Waals surface area contributed by atoms with E-state index < -0.39 is 9.84 Å². The van der Waals surface area contributed by atoms with E-state index in [0.717, 1.165) is 47.3 Å². The molecule has 0 bridgehead atoms. The Morgan fingerprint density at radius 3 is 2.56 bits per heavy atom. The van der Waals surface area contributed by atoms with Crippen molar-refractivity contribution in [3.63, 3.8) is 0 Å². The van der Waals surface area contributed by atoms with Gasteiger partial charge in [-0.3, -0.25) is 0 Å². The SMILES string of the molecule is Cc1cc(S(C)(=O)=O)ncc1-c1ccc2c(c1)CC(C1CCN(C(=O)OC(C)C)CC1)O2. The van der Waals surface area contributed by atoms with Crippen LogP contribution in [0.1, 0.15) is 37.8 Å². The van der Waals surface area contributed by atoms with Crippen LogP contribution in [0.2, 0.25) is 0 Å². The van der Waals surface area contributed by atoms with E-state index in [-0.39, 0.29) is 23.3 Å². The molecular formula is C24H30N2O5S. The van der Waals surface area contributed by atoms with E-state index in [4.69, 9.17) is 9.47 Å². The van der Waals surface area contributed by atoms with Gasteiger partial charge >= 0.3 is 6.09 Å². The van der Waals surface area contributed by atoms with Crippen molar-refractivity contribution in [2.24, 2.45) is 5.92 Å². The Hall–Kier alpha value is -2.61. The van der Waals surface area contributed by atoms with Crippen molar-refractivity contribution in [1.29, 1.82) is 0 Å². The van der Waals surface area contributed by atoms with Gasteiger partial charge in [-0.25, -0.2) is 18.2 Å².